The van der Waals surface area contributed by atoms with Gasteiger partial charge in [-0.25, -0.2) is 4.79 Å². The zero-order valence-electron chi connectivity index (χ0n) is 13.2. The standard InChI is InChI=1S/C17H22N2O3S/c1-21-11-5-12-22-16-8-3-2-7-15(16)19-17(20)18-10-9-14-6-4-13-23-14/h2-4,6-8,13H,5,9-12H2,1H3,(H2,18,19,20). The SMILES string of the molecule is COCCCOc1ccccc1NC(=O)NCCc1cccs1. The number of carbonyl (C=O) groups is 1. The van der Waals surface area contributed by atoms with Crippen LogP contribution in [0.25, 0.3) is 0 Å². The predicted octanol–water partition coefficient (Wildman–Crippen LogP) is 3.53. The Balaban J connectivity index is 1.77. The maximum absolute atomic E-state index is 12.0. The molecule has 1 heterocycles. The minimum Gasteiger partial charge on any atom is -0.491 e. The number of benzene rings is 1. The van der Waals surface area contributed by atoms with E-state index in [1.54, 1.807) is 18.4 Å². The molecule has 5 nitrogen and oxygen atoms in total. The molecule has 0 aliphatic heterocycles. The predicted molar refractivity (Wildman–Crippen MR) is 93.5 cm³/mol. The lowest BCUT2D eigenvalue weighted by Gasteiger charge is -2.13. The highest BCUT2D eigenvalue weighted by Crippen LogP contribution is 2.23. The Hall–Kier alpha value is -2.05. The number of rotatable bonds is 9. The smallest absolute Gasteiger partial charge is 0.319 e. The van der Waals surface area contributed by atoms with Gasteiger partial charge < -0.3 is 20.1 Å². The number of hydrogen-bond donors (Lipinski definition) is 2. The number of ether oxygens (including phenoxy) is 2. The highest BCUT2D eigenvalue weighted by atomic mass is 32.1. The van der Waals surface area contributed by atoms with Gasteiger partial charge in [0.2, 0.25) is 0 Å². The fourth-order valence-electron chi connectivity index (χ4n) is 2.00. The Morgan fingerprint density at radius 3 is 2.83 bits per heavy atom. The average Bonchev–Trinajstić information content (AvgIpc) is 3.06. The Morgan fingerprint density at radius 2 is 2.04 bits per heavy atom. The highest BCUT2D eigenvalue weighted by molar-refractivity contribution is 7.09. The van der Waals surface area contributed by atoms with Crippen LogP contribution in [0.5, 0.6) is 5.75 Å². The highest BCUT2D eigenvalue weighted by Gasteiger charge is 2.07. The molecule has 2 aromatic rings. The summed E-state index contributed by atoms with van der Waals surface area (Å²) in [5, 5.41) is 7.72. The van der Waals surface area contributed by atoms with E-state index in [1.807, 2.05) is 35.7 Å². The fourth-order valence-corrected chi connectivity index (χ4v) is 2.71. The molecule has 2 amide bonds. The Morgan fingerprint density at radius 1 is 1.17 bits per heavy atom. The minimum absolute atomic E-state index is 0.227. The third-order valence-electron chi connectivity index (χ3n) is 3.12. The van der Waals surface area contributed by atoms with Crippen molar-refractivity contribution in [3.8, 4) is 5.75 Å². The number of para-hydroxylation sites is 2. The monoisotopic (exact) mass is 334 g/mol. The van der Waals surface area contributed by atoms with Crippen LogP contribution in [0.15, 0.2) is 41.8 Å². The van der Waals surface area contributed by atoms with Crippen LogP contribution in [-0.4, -0.2) is 32.9 Å². The molecule has 23 heavy (non-hydrogen) atoms. The van der Waals surface area contributed by atoms with Crippen molar-refractivity contribution in [3.63, 3.8) is 0 Å². The first-order chi connectivity index (χ1) is 11.3. The molecule has 124 valence electrons. The average molecular weight is 334 g/mol. The van der Waals surface area contributed by atoms with Crippen LogP contribution in [0, 0.1) is 0 Å². The van der Waals surface area contributed by atoms with E-state index >= 15 is 0 Å². The van der Waals surface area contributed by atoms with Crippen molar-refractivity contribution in [3.05, 3.63) is 46.7 Å². The summed E-state index contributed by atoms with van der Waals surface area (Å²) in [5.74, 6) is 0.664. The van der Waals surface area contributed by atoms with Gasteiger partial charge in [-0.15, -0.1) is 11.3 Å². The van der Waals surface area contributed by atoms with Crippen LogP contribution in [0.1, 0.15) is 11.3 Å². The van der Waals surface area contributed by atoms with Crippen molar-refractivity contribution < 1.29 is 14.3 Å². The van der Waals surface area contributed by atoms with Gasteiger partial charge >= 0.3 is 6.03 Å². The molecule has 0 saturated heterocycles. The van der Waals surface area contributed by atoms with Gasteiger partial charge in [-0.05, 0) is 30.0 Å². The van der Waals surface area contributed by atoms with Gasteiger partial charge in [0, 0.05) is 31.6 Å². The van der Waals surface area contributed by atoms with Crippen molar-refractivity contribution in [1.82, 2.24) is 5.32 Å². The van der Waals surface area contributed by atoms with E-state index in [4.69, 9.17) is 9.47 Å². The molecular formula is C17H22N2O3S. The van der Waals surface area contributed by atoms with Crippen molar-refractivity contribution in [2.45, 2.75) is 12.8 Å². The summed E-state index contributed by atoms with van der Waals surface area (Å²) >= 11 is 1.69. The summed E-state index contributed by atoms with van der Waals surface area (Å²) in [6.45, 7) is 1.80. The molecule has 0 unspecified atom stereocenters. The molecular weight excluding hydrogens is 312 g/mol. The van der Waals surface area contributed by atoms with E-state index in [2.05, 4.69) is 16.7 Å². The summed E-state index contributed by atoms with van der Waals surface area (Å²) in [6.07, 6.45) is 1.64. The first-order valence-electron chi connectivity index (χ1n) is 7.57. The van der Waals surface area contributed by atoms with Gasteiger partial charge in [-0.3, -0.25) is 0 Å². The van der Waals surface area contributed by atoms with Crippen LogP contribution in [0.2, 0.25) is 0 Å². The largest absolute Gasteiger partial charge is 0.491 e. The number of thiophene rings is 1. The molecule has 0 aliphatic rings. The van der Waals surface area contributed by atoms with E-state index in [9.17, 15) is 4.79 Å². The summed E-state index contributed by atoms with van der Waals surface area (Å²) < 4.78 is 10.7. The van der Waals surface area contributed by atoms with Crippen LogP contribution in [-0.2, 0) is 11.2 Å². The molecule has 0 saturated carbocycles. The topological polar surface area (TPSA) is 59.6 Å². The van der Waals surface area contributed by atoms with Gasteiger partial charge in [-0.2, -0.15) is 0 Å². The summed E-state index contributed by atoms with van der Waals surface area (Å²) in [7, 11) is 1.66. The van der Waals surface area contributed by atoms with Crippen LogP contribution < -0.4 is 15.4 Å². The third kappa shape index (κ3) is 6.30. The first kappa shape index (κ1) is 17.3. The second-order valence-corrected chi connectivity index (χ2v) is 5.93. The van der Waals surface area contributed by atoms with E-state index in [0.29, 0.717) is 31.2 Å². The molecule has 1 aromatic heterocycles. The number of amides is 2. The molecule has 2 N–H and O–H groups in total. The Bertz CT molecular complexity index is 587. The van der Waals surface area contributed by atoms with Crippen LogP contribution >= 0.6 is 11.3 Å². The van der Waals surface area contributed by atoms with E-state index in [-0.39, 0.29) is 6.03 Å². The zero-order valence-corrected chi connectivity index (χ0v) is 14.0. The lowest BCUT2D eigenvalue weighted by molar-refractivity contribution is 0.172. The number of hydrogen-bond acceptors (Lipinski definition) is 4. The molecule has 0 aliphatic carbocycles. The van der Waals surface area contributed by atoms with Crippen LogP contribution in [0.4, 0.5) is 10.5 Å². The lowest BCUT2D eigenvalue weighted by atomic mass is 10.3. The fraction of sp³-hybridized carbons (Fsp3) is 0.353. The van der Waals surface area contributed by atoms with Gasteiger partial charge in [0.1, 0.15) is 5.75 Å². The second kappa shape index (κ2) is 9.86. The van der Waals surface area contributed by atoms with Crippen molar-refractivity contribution >= 4 is 23.1 Å². The van der Waals surface area contributed by atoms with Gasteiger partial charge in [-0.1, -0.05) is 18.2 Å². The lowest BCUT2D eigenvalue weighted by Crippen LogP contribution is -2.30. The number of methoxy groups -OCH3 is 1. The number of urea groups is 1. The number of anilines is 1. The van der Waals surface area contributed by atoms with E-state index < -0.39 is 0 Å². The van der Waals surface area contributed by atoms with Crippen molar-refractivity contribution in [2.24, 2.45) is 0 Å². The molecule has 0 spiro atoms. The van der Waals surface area contributed by atoms with Gasteiger partial charge in [0.25, 0.3) is 0 Å². The minimum atomic E-state index is -0.227. The number of carbonyl (C=O) groups excluding carboxylic acids is 1. The van der Waals surface area contributed by atoms with Crippen molar-refractivity contribution in [1.29, 1.82) is 0 Å². The molecule has 2 rings (SSSR count). The molecule has 0 radical (unpaired) electrons. The molecule has 1 aromatic carbocycles. The first-order valence-corrected chi connectivity index (χ1v) is 8.45. The Kier molecular flexibility index (Phi) is 7.42. The quantitative estimate of drug-likeness (QED) is 0.690. The van der Waals surface area contributed by atoms with E-state index in [1.165, 1.54) is 4.88 Å². The normalized spacial score (nSPS) is 10.3. The molecule has 0 fully saturated rings. The summed E-state index contributed by atoms with van der Waals surface area (Å²) in [5.41, 5.74) is 0.665. The molecule has 0 atom stereocenters. The summed E-state index contributed by atoms with van der Waals surface area (Å²) in [4.78, 5) is 13.2. The van der Waals surface area contributed by atoms with E-state index in [0.717, 1.165) is 12.8 Å². The van der Waals surface area contributed by atoms with Gasteiger partial charge in [0.05, 0.1) is 12.3 Å². The van der Waals surface area contributed by atoms with Crippen LogP contribution in [0.3, 0.4) is 0 Å². The molecule has 0 bridgehead atoms. The maximum atomic E-state index is 12.0. The third-order valence-corrected chi connectivity index (χ3v) is 4.06. The summed E-state index contributed by atoms with van der Waals surface area (Å²) in [6, 6.07) is 11.3. The molecule has 6 heteroatoms. The second-order valence-electron chi connectivity index (χ2n) is 4.90. The Labute approximate surface area is 140 Å². The van der Waals surface area contributed by atoms with Gasteiger partial charge in [0.15, 0.2) is 0 Å². The van der Waals surface area contributed by atoms with Crippen molar-refractivity contribution in [2.75, 3.05) is 32.2 Å². The maximum Gasteiger partial charge on any atom is 0.319 e. The zero-order chi connectivity index (χ0) is 16.3. The number of nitrogens with one attached hydrogen (secondary N) is 2.